The first-order valence-corrected chi connectivity index (χ1v) is 8.83. The van der Waals surface area contributed by atoms with E-state index in [1.54, 1.807) is 38.5 Å². The van der Waals surface area contributed by atoms with Crippen molar-refractivity contribution in [2.75, 3.05) is 31.4 Å². The van der Waals surface area contributed by atoms with Crippen LogP contribution in [0.1, 0.15) is 16.1 Å². The molecule has 1 amide bonds. The summed E-state index contributed by atoms with van der Waals surface area (Å²) in [5, 5.41) is 6.02. The molecule has 1 aromatic heterocycles. The van der Waals surface area contributed by atoms with Crippen LogP contribution in [0.3, 0.4) is 0 Å². The number of carbonyl (C=O) groups is 1. The van der Waals surface area contributed by atoms with Crippen LogP contribution in [0.5, 0.6) is 11.5 Å². The molecule has 0 saturated heterocycles. The van der Waals surface area contributed by atoms with Gasteiger partial charge in [0.1, 0.15) is 29.3 Å². The summed E-state index contributed by atoms with van der Waals surface area (Å²) in [7, 11) is 3.23. The number of benzene rings is 2. The summed E-state index contributed by atoms with van der Waals surface area (Å²) in [5.74, 6) is 1.79. The topological polar surface area (TPSA) is 85.4 Å². The molecule has 2 aromatic carbocycles. The highest BCUT2D eigenvalue weighted by Crippen LogP contribution is 2.19. The van der Waals surface area contributed by atoms with Crippen molar-refractivity contribution < 1.29 is 14.3 Å². The molecule has 1 heterocycles. The summed E-state index contributed by atoms with van der Waals surface area (Å²) < 4.78 is 10.5. The fourth-order valence-corrected chi connectivity index (χ4v) is 2.71. The van der Waals surface area contributed by atoms with Gasteiger partial charge in [-0.05, 0) is 30.2 Å². The predicted molar refractivity (Wildman–Crippen MR) is 108 cm³/mol. The monoisotopic (exact) mass is 378 g/mol. The van der Waals surface area contributed by atoms with Crippen molar-refractivity contribution in [3.8, 4) is 11.5 Å². The van der Waals surface area contributed by atoms with E-state index in [1.807, 2.05) is 30.3 Å². The third kappa shape index (κ3) is 4.97. The van der Waals surface area contributed by atoms with Crippen molar-refractivity contribution in [1.82, 2.24) is 9.97 Å². The van der Waals surface area contributed by atoms with E-state index < -0.39 is 0 Å². The second kappa shape index (κ2) is 9.36. The van der Waals surface area contributed by atoms with Crippen molar-refractivity contribution in [2.24, 2.45) is 0 Å². The molecule has 0 atom stereocenters. The molecule has 3 aromatic rings. The molecule has 0 aliphatic heterocycles. The molecule has 28 heavy (non-hydrogen) atoms. The van der Waals surface area contributed by atoms with Crippen LogP contribution in [-0.4, -0.2) is 36.6 Å². The average Bonchev–Trinajstić information content (AvgIpc) is 2.74. The summed E-state index contributed by atoms with van der Waals surface area (Å²) in [4.78, 5) is 20.7. The number of ether oxygens (including phenoxy) is 2. The Kier molecular flexibility index (Phi) is 6.41. The van der Waals surface area contributed by atoms with Gasteiger partial charge in [0.05, 0.1) is 14.2 Å². The summed E-state index contributed by atoms with van der Waals surface area (Å²) in [6.45, 7) is 0.647. The van der Waals surface area contributed by atoms with Gasteiger partial charge in [0.15, 0.2) is 0 Å². The number of rotatable bonds is 8. The lowest BCUT2D eigenvalue weighted by Gasteiger charge is -2.10. The zero-order valence-electron chi connectivity index (χ0n) is 15.8. The van der Waals surface area contributed by atoms with Crippen molar-refractivity contribution >= 4 is 17.4 Å². The maximum absolute atomic E-state index is 12.5. The first kappa shape index (κ1) is 19.2. The molecular formula is C21H22N4O3. The fourth-order valence-electron chi connectivity index (χ4n) is 2.71. The number of hydrogen-bond acceptors (Lipinski definition) is 6. The zero-order valence-corrected chi connectivity index (χ0v) is 15.8. The number of anilines is 2. The molecule has 7 nitrogen and oxygen atoms in total. The largest absolute Gasteiger partial charge is 0.497 e. The summed E-state index contributed by atoms with van der Waals surface area (Å²) in [6.07, 6.45) is 2.13. The molecule has 2 N–H and O–H groups in total. The summed E-state index contributed by atoms with van der Waals surface area (Å²) >= 11 is 0. The SMILES string of the molecule is COc1cccc(NC(=O)c2cc(NCCc3ccccc3OC)ncn2)c1. The van der Waals surface area contributed by atoms with E-state index in [4.69, 9.17) is 9.47 Å². The van der Waals surface area contributed by atoms with E-state index >= 15 is 0 Å². The Morgan fingerprint density at radius 1 is 1.00 bits per heavy atom. The lowest BCUT2D eigenvalue weighted by molar-refractivity contribution is 0.102. The first-order chi connectivity index (χ1) is 13.7. The maximum atomic E-state index is 12.5. The number of amides is 1. The van der Waals surface area contributed by atoms with Crippen LogP contribution in [-0.2, 0) is 6.42 Å². The number of nitrogens with one attached hydrogen (secondary N) is 2. The van der Waals surface area contributed by atoms with E-state index in [1.165, 1.54) is 6.33 Å². The predicted octanol–water partition coefficient (Wildman–Crippen LogP) is 3.40. The molecule has 0 spiro atoms. The van der Waals surface area contributed by atoms with Gasteiger partial charge in [-0.25, -0.2) is 9.97 Å². The van der Waals surface area contributed by atoms with Crippen LogP contribution in [0.4, 0.5) is 11.5 Å². The summed E-state index contributed by atoms with van der Waals surface area (Å²) in [6, 6.07) is 16.6. The molecule has 0 unspecified atom stereocenters. The number of para-hydroxylation sites is 1. The van der Waals surface area contributed by atoms with Crippen molar-refractivity contribution in [3.63, 3.8) is 0 Å². The van der Waals surface area contributed by atoms with Gasteiger partial charge in [0.25, 0.3) is 5.91 Å². The number of nitrogens with zero attached hydrogens (tertiary/aromatic N) is 2. The molecule has 144 valence electrons. The fraction of sp³-hybridized carbons (Fsp3) is 0.190. The molecule has 0 aliphatic carbocycles. The van der Waals surface area contributed by atoms with E-state index in [0.717, 1.165) is 17.7 Å². The standard InChI is InChI=1S/C21H22N4O3/c1-27-17-8-5-7-16(12-17)25-21(26)18-13-20(24-14-23-18)22-11-10-15-6-3-4-9-19(15)28-2/h3-9,12-14H,10-11H2,1-2H3,(H,25,26)(H,22,23,24). The summed E-state index contributed by atoms with van der Waals surface area (Å²) in [5.41, 5.74) is 2.01. The quantitative estimate of drug-likeness (QED) is 0.625. The Morgan fingerprint density at radius 3 is 2.68 bits per heavy atom. The smallest absolute Gasteiger partial charge is 0.274 e. The maximum Gasteiger partial charge on any atom is 0.274 e. The van der Waals surface area contributed by atoms with Crippen molar-refractivity contribution in [3.05, 3.63) is 72.2 Å². The van der Waals surface area contributed by atoms with Crippen LogP contribution in [0.15, 0.2) is 60.9 Å². The number of carbonyl (C=O) groups excluding carboxylic acids is 1. The highest BCUT2D eigenvalue weighted by atomic mass is 16.5. The van der Waals surface area contributed by atoms with Gasteiger partial charge >= 0.3 is 0 Å². The van der Waals surface area contributed by atoms with Gasteiger partial charge in [0.2, 0.25) is 0 Å². The molecule has 0 aliphatic rings. The Morgan fingerprint density at radius 2 is 1.86 bits per heavy atom. The van der Waals surface area contributed by atoms with Gasteiger partial charge in [-0.15, -0.1) is 0 Å². The highest BCUT2D eigenvalue weighted by Gasteiger charge is 2.10. The Labute approximate surface area is 163 Å². The Hall–Kier alpha value is -3.61. The minimum atomic E-state index is -0.316. The molecule has 3 rings (SSSR count). The zero-order chi connectivity index (χ0) is 19.8. The average molecular weight is 378 g/mol. The Bertz CT molecular complexity index is 946. The lowest BCUT2D eigenvalue weighted by Crippen LogP contribution is -2.15. The second-order valence-electron chi connectivity index (χ2n) is 5.96. The lowest BCUT2D eigenvalue weighted by atomic mass is 10.1. The Balaban J connectivity index is 1.60. The van der Waals surface area contributed by atoms with Crippen LogP contribution in [0.25, 0.3) is 0 Å². The second-order valence-corrected chi connectivity index (χ2v) is 5.96. The first-order valence-electron chi connectivity index (χ1n) is 8.83. The third-order valence-electron chi connectivity index (χ3n) is 4.12. The van der Waals surface area contributed by atoms with E-state index in [2.05, 4.69) is 20.6 Å². The van der Waals surface area contributed by atoms with Crippen molar-refractivity contribution in [1.29, 1.82) is 0 Å². The molecule has 0 fully saturated rings. The molecule has 7 heteroatoms. The number of aromatic nitrogens is 2. The third-order valence-corrected chi connectivity index (χ3v) is 4.12. The van der Waals surface area contributed by atoms with Crippen LogP contribution in [0, 0.1) is 0 Å². The van der Waals surface area contributed by atoms with Crippen LogP contribution < -0.4 is 20.1 Å². The van der Waals surface area contributed by atoms with E-state index in [-0.39, 0.29) is 11.6 Å². The molecule has 0 radical (unpaired) electrons. The molecular weight excluding hydrogens is 356 g/mol. The number of hydrogen-bond donors (Lipinski definition) is 2. The minimum absolute atomic E-state index is 0.276. The van der Waals surface area contributed by atoms with Gasteiger partial charge < -0.3 is 20.1 Å². The van der Waals surface area contributed by atoms with Gasteiger partial charge in [-0.3, -0.25) is 4.79 Å². The van der Waals surface area contributed by atoms with Gasteiger partial charge in [-0.1, -0.05) is 24.3 Å². The minimum Gasteiger partial charge on any atom is -0.497 e. The van der Waals surface area contributed by atoms with Crippen LogP contribution in [0.2, 0.25) is 0 Å². The molecule has 0 saturated carbocycles. The van der Waals surface area contributed by atoms with Gasteiger partial charge in [-0.2, -0.15) is 0 Å². The van der Waals surface area contributed by atoms with Gasteiger partial charge in [0, 0.05) is 24.4 Å². The normalized spacial score (nSPS) is 10.2. The molecule has 0 bridgehead atoms. The van der Waals surface area contributed by atoms with E-state index in [9.17, 15) is 4.79 Å². The van der Waals surface area contributed by atoms with Crippen molar-refractivity contribution in [2.45, 2.75) is 6.42 Å². The number of methoxy groups -OCH3 is 2. The van der Waals surface area contributed by atoms with Crippen LogP contribution >= 0.6 is 0 Å². The highest BCUT2D eigenvalue weighted by molar-refractivity contribution is 6.03. The van der Waals surface area contributed by atoms with E-state index in [0.29, 0.717) is 23.8 Å².